The highest BCUT2D eigenvalue weighted by Gasteiger charge is 2.10. The number of rotatable bonds is 7. The van der Waals surface area contributed by atoms with Gasteiger partial charge in [0.1, 0.15) is 24.2 Å². The molecule has 130 valence electrons. The highest BCUT2D eigenvalue weighted by molar-refractivity contribution is 5.87. The molecular weight excluding hydrogens is 444 g/mol. The maximum atomic E-state index is 10.9. The zero-order valence-corrected chi connectivity index (χ0v) is 16.0. The number of hydrogen-bond donors (Lipinski definition) is 2. The molecule has 0 aliphatic rings. The molecule has 0 radical (unpaired) electrons. The second-order valence-corrected chi connectivity index (χ2v) is 4.98. The summed E-state index contributed by atoms with van der Waals surface area (Å²) in [6, 6.07) is 6.56. The van der Waals surface area contributed by atoms with Gasteiger partial charge >= 0.3 is 11.9 Å². The lowest BCUT2D eigenvalue weighted by Crippen LogP contribution is -3.00. The third-order valence-electron chi connectivity index (χ3n) is 3.29. The molecule has 0 spiro atoms. The zero-order valence-electron chi connectivity index (χ0n) is 12.8. The Labute approximate surface area is 160 Å². The number of carboxylic acids is 2. The highest BCUT2D eigenvalue weighted by Crippen LogP contribution is 1.97. The molecule has 0 aliphatic carbocycles. The van der Waals surface area contributed by atoms with Gasteiger partial charge in [-0.25, -0.2) is 18.7 Å². The first-order valence-corrected chi connectivity index (χ1v) is 7.01. The molecule has 0 atom stereocenters. The van der Waals surface area contributed by atoms with Crippen molar-refractivity contribution >= 4 is 11.9 Å². The molecule has 0 unspecified atom stereocenters. The molecule has 2 N–H and O–H groups in total. The molecule has 0 bridgehead atoms. The van der Waals surface area contributed by atoms with E-state index in [-0.39, 0.29) is 45.1 Å². The van der Waals surface area contributed by atoms with Crippen LogP contribution in [0.15, 0.2) is 49.1 Å². The van der Waals surface area contributed by atoms with Crippen molar-refractivity contribution in [2.45, 2.75) is 25.9 Å². The lowest BCUT2D eigenvalue weighted by molar-refractivity contribution is -0.708. The number of pyridine rings is 2. The Morgan fingerprint density at radius 2 is 1.17 bits per heavy atom. The molecule has 0 saturated carbocycles. The van der Waals surface area contributed by atoms with Gasteiger partial charge in [0.25, 0.3) is 0 Å². The fraction of sp³-hybridized carbons (Fsp3) is 0.250. The number of hydrogen-bond acceptors (Lipinski definition) is 2. The van der Waals surface area contributed by atoms with E-state index in [4.69, 9.17) is 10.2 Å². The van der Waals surface area contributed by atoms with Crippen LogP contribution in [0.1, 0.15) is 33.6 Å². The smallest absolute Gasteiger partial charge is 0.341 e. The van der Waals surface area contributed by atoms with Gasteiger partial charge in [-0.3, -0.25) is 0 Å². The fourth-order valence-corrected chi connectivity index (χ4v) is 2.16. The van der Waals surface area contributed by atoms with E-state index in [0.717, 1.165) is 25.9 Å². The van der Waals surface area contributed by atoms with Crippen LogP contribution in [0.25, 0.3) is 0 Å². The molecule has 8 heteroatoms. The Kier molecular flexibility index (Phi) is 10.1. The summed E-state index contributed by atoms with van der Waals surface area (Å²) in [5.41, 5.74) is 0.539. The van der Waals surface area contributed by atoms with Gasteiger partial charge < -0.3 is 44.2 Å². The number of aromatic carboxylic acids is 2. The molecule has 2 aromatic heterocycles. The lowest BCUT2D eigenvalue weighted by Gasteiger charge is -1.99. The van der Waals surface area contributed by atoms with Gasteiger partial charge in [0.05, 0.1) is 0 Å². The molecule has 2 aromatic rings. The molecule has 2 heterocycles. The summed E-state index contributed by atoms with van der Waals surface area (Å²) in [5.74, 6) is -1.87. The third-order valence-corrected chi connectivity index (χ3v) is 3.29. The van der Waals surface area contributed by atoms with Gasteiger partial charge in [0, 0.05) is 25.0 Å². The normalized spacial score (nSPS) is 9.50. The molecule has 0 amide bonds. The first-order valence-electron chi connectivity index (χ1n) is 7.01. The first kappa shape index (κ1) is 22.2. The highest BCUT2D eigenvalue weighted by atomic mass is 79.9. The number of halogens is 2. The predicted molar refractivity (Wildman–Crippen MR) is 76.4 cm³/mol. The molecule has 0 aliphatic heterocycles. The van der Waals surface area contributed by atoms with E-state index in [2.05, 4.69) is 0 Å². The Morgan fingerprint density at radius 3 is 1.50 bits per heavy atom. The quantitative estimate of drug-likeness (QED) is 0.320. The van der Waals surface area contributed by atoms with Gasteiger partial charge in [-0.1, -0.05) is 0 Å². The van der Waals surface area contributed by atoms with Crippen LogP contribution < -0.4 is 43.1 Å². The number of carboxylic acid groups (broad SMARTS) is 2. The number of nitrogens with zero attached hydrogens (tertiary/aromatic N) is 2. The van der Waals surface area contributed by atoms with Gasteiger partial charge in [-0.2, -0.15) is 0 Å². The van der Waals surface area contributed by atoms with Crippen LogP contribution in [0, 0.1) is 0 Å². The van der Waals surface area contributed by atoms with E-state index >= 15 is 0 Å². The van der Waals surface area contributed by atoms with Crippen molar-refractivity contribution in [3.63, 3.8) is 0 Å². The van der Waals surface area contributed by atoms with Crippen LogP contribution >= 0.6 is 0 Å². The number of carbonyl (C=O) groups is 2. The topological polar surface area (TPSA) is 82.4 Å². The number of unbranched alkanes of at least 4 members (excludes halogenated alkanes) is 1. The maximum absolute atomic E-state index is 10.9. The average molecular weight is 462 g/mol. The number of aromatic nitrogens is 2. The largest absolute Gasteiger partial charge is 1.00 e. The summed E-state index contributed by atoms with van der Waals surface area (Å²) in [4.78, 5) is 21.8. The minimum absolute atomic E-state index is 0. The van der Waals surface area contributed by atoms with Crippen LogP contribution in [0.5, 0.6) is 0 Å². The van der Waals surface area contributed by atoms with Crippen molar-refractivity contribution in [1.82, 2.24) is 0 Å². The summed E-state index contributed by atoms with van der Waals surface area (Å²) in [5, 5.41) is 17.9. The van der Waals surface area contributed by atoms with Crippen molar-refractivity contribution in [3.8, 4) is 0 Å². The van der Waals surface area contributed by atoms with Crippen molar-refractivity contribution in [2.75, 3.05) is 0 Å². The minimum atomic E-state index is -0.935. The standard InChI is InChI=1S/C16H16N2O4.2BrH/c19-15(20)13-5-3-9-17(11-13)7-1-2-8-18-10-4-6-14(12-18)16(21)22;;/h3-6,9-12H,1-2,7-8H2;2*1H. The van der Waals surface area contributed by atoms with E-state index in [9.17, 15) is 9.59 Å². The van der Waals surface area contributed by atoms with E-state index < -0.39 is 11.9 Å². The zero-order chi connectivity index (χ0) is 15.9. The fourth-order valence-electron chi connectivity index (χ4n) is 2.16. The Balaban J connectivity index is 0.00000264. The summed E-state index contributed by atoms with van der Waals surface area (Å²) >= 11 is 0. The summed E-state index contributed by atoms with van der Waals surface area (Å²) < 4.78 is 3.70. The average Bonchev–Trinajstić information content (AvgIpc) is 2.52. The molecular formula is C16H18Br2N2O4. The molecule has 24 heavy (non-hydrogen) atoms. The van der Waals surface area contributed by atoms with Crippen molar-refractivity contribution in [1.29, 1.82) is 0 Å². The molecule has 2 rings (SSSR count). The molecule has 6 nitrogen and oxygen atoms in total. The van der Waals surface area contributed by atoms with Crippen molar-refractivity contribution in [2.24, 2.45) is 0 Å². The van der Waals surface area contributed by atoms with Crippen LogP contribution in [0.3, 0.4) is 0 Å². The van der Waals surface area contributed by atoms with E-state index in [1.807, 2.05) is 21.5 Å². The Hall–Kier alpha value is -1.80. The van der Waals surface area contributed by atoms with E-state index in [1.165, 1.54) is 0 Å². The van der Waals surface area contributed by atoms with Crippen molar-refractivity contribution in [3.05, 3.63) is 60.2 Å². The van der Waals surface area contributed by atoms with Crippen LogP contribution in [0.2, 0.25) is 0 Å². The maximum Gasteiger partial charge on any atom is 0.341 e. The van der Waals surface area contributed by atoms with Gasteiger partial charge in [-0.15, -0.1) is 0 Å². The lowest BCUT2D eigenvalue weighted by atomic mass is 10.2. The first-order chi connectivity index (χ1) is 10.6. The van der Waals surface area contributed by atoms with E-state index in [0.29, 0.717) is 0 Å². The monoisotopic (exact) mass is 460 g/mol. The van der Waals surface area contributed by atoms with Crippen LogP contribution in [0.4, 0.5) is 0 Å². The summed E-state index contributed by atoms with van der Waals surface area (Å²) in [7, 11) is 0. The summed E-state index contributed by atoms with van der Waals surface area (Å²) in [6.07, 6.45) is 8.65. The summed E-state index contributed by atoms with van der Waals surface area (Å²) in [6.45, 7) is 1.45. The van der Waals surface area contributed by atoms with Gasteiger partial charge in [0.15, 0.2) is 24.8 Å². The van der Waals surface area contributed by atoms with E-state index in [1.54, 1.807) is 36.7 Å². The minimum Gasteiger partial charge on any atom is -1.00 e. The number of aryl methyl sites for hydroxylation is 2. The second-order valence-electron chi connectivity index (χ2n) is 4.98. The molecule has 0 aromatic carbocycles. The molecule has 0 saturated heterocycles. The van der Waals surface area contributed by atoms with Crippen LogP contribution in [-0.2, 0) is 13.1 Å². The van der Waals surface area contributed by atoms with Crippen molar-refractivity contribution < 1.29 is 62.9 Å². The SMILES string of the molecule is O=C(O)c1ccc[n+](CCCC[n+]2cccc(C(=O)O)c2)c1.[Br-].[Br-]. The Morgan fingerprint density at radius 1 is 0.792 bits per heavy atom. The van der Waals surface area contributed by atoms with Gasteiger partial charge in [-0.05, 0) is 12.1 Å². The predicted octanol–water partition coefficient (Wildman–Crippen LogP) is -4.85. The molecule has 0 fully saturated rings. The van der Waals surface area contributed by atoms with Gasteiger partial charge in [0.2, 0.25) is 0 Å². The third kappa shape index (κ3) is 6.76. The Bertz CT molecular complexity index is 636. The van der Waals surface area contributed by atoms with Crippen LogP contribution in [-0.4, -0.2) is 22.2 Å². The second kappa shape index (κ2) is 10.9.